The Morgan fingerprint density at radius 2 is 1.91 bits per heavy atom. The zero-order valence-corrected chi connectivity index (χ0v) is 20.5. The first-order chi connectivity index (χ1) is 16.4. The Kier molecular flexibility index (Phi) is 6.87. The van der Waals surface area contributed by atoms with Crippen molar-refractivity contribution in [1.29, 1.82) is 0 Å². The minimum Gasteiger partial charge on any atom is -0.357 e. The highest BCUT2D eigenvalue weighted by molar-refractivity contribution is 7.80. The van der Waals surface area contributed by atoms with E-state index in [0.29, 0.717) is 35.1 Å². The minimum absolute atomic E-state index is 0.321. The van der Waals surface area contributed by atoms with Crippen molar-refractivity contribution in [2.75, 3.05) is 0 Å². The van der Waals surface area contributed by atoms with E-state index in [1.807, 2.05) is 55.9 Å². The lowest BCUT2D eigenvalue weighted by Crippen LogP contribution is -2.46. The Labute approximate surface area is 203 Å². The standard InChI is InChI=1S/C24H28N8OS/c1-5-11-32-22-21(15(2)30-32)18(12-20(27-22)19-14-26-31(4)16(19)3)23(33)28-29-24(34)25-13-17-9-7-6-8-10-17/h6-10,12,14H,5,11,13H2,1-4H3,(H,28,33)(H2,25,29,34). The van der Waals surface area contributed by atoms with Crippen molar-refractivity contribution in [2.45, 2.75) is 40.3 Å². The van der Waals surface area contributed by atoms with Gasteiger partial charge in [0, 0.05) is 31.4 Å². The number of amides is 1. The van der Waals surface area contributed by atoms with E-state index in [1.165, 1.54) is 0 Å². The summed E-state index contributed by atoms with van der Waals surface area (Å²) in [6, 6.07) is 11.7. The van der Waals surface area contributed by atoms with E-state index in [-0.39, 0.29) is 5.91 Å². The van der Waals surface area contributed by atoms with Crippen LogP contribution < -0.4 is 16.2 Å². The number of hydrazine groups is 1. The van der Waals surface area contributed by atoms with Crippen LogP contribution in [-0.4, -0.2) is 35.6 Å². The van der Waals surface area contributed by atoms with Crippen LogP contribution in [0.1, 0.15) is 40.7 Å². The quantitative estimate of drug-likeness (QED) is 0.290. The molecule has 1 aromatic carbocycles. The SMILES string of the molecule is CCCn1nc(C)c2c(C(=O)NNC(=S)NCc3ccccc3)cc(-c3cnn(C)c3C)nc21. The highest BCUT2D eigenvalue weighted by Crippen LogP contribution is 2.28. The number of aromatic nitrogens is 5. The van der Waals surface area contributed by atoms with E-state index in [9.17, 15) is 4.79 Å². The highest BCUT2D eigenvalue weighted by Gasteiger charge is 2.21. The van der Waals surface area contributed by atoms with Crippen molar-refractivity contribution in [1.82, 2.24) is 40.7 Å². The van der Waals surface area contributed by atoms with E-state index in [4.69, 9.17) is 17.2 Å². The Morgan fingerprint density at radius 3 is 2.59 bits per heavy atom. The summed E-state index contributed by atoms with van der Waals surface area (Å²) >= 11 is 5.33. The first-order valence-corrected chi connectivity index (χ1v) is 11.5. The second-order valence-corrected chi connectivity index (χ2v) is 8.49. The van der Waals surface area contributed by atoms with Crippen LogP contribution in [0.5, 0.6) is 0 Å². The number of benzene rings is 1. The Hall–Kier alpha value is -3.79. The number of aryl methyl sites for hydroxylation is 3. The number of thiocarbonyl (C=S) groups is 1. The second-order valence-electron chi connectivity index (χ2n) is 8.08. The third-order valence-electron chi connectivity index (χ3n) is 5.65. The molecule has 0 aliphatic heterocycles. The molecule has 0 fully saturated rings. The second kappa shape index (κ2) is 10.0. The zero-order chi connectivity index (χ0) is 24.2. The van der Waals surface area contributed by atoms with Crippen LogP contribution in [-0.2, 0) is 20.1 Å². The van der Waals surface area contributed by atoms with Gasteiger partial charge in [-0.1, -0.05) is 37.3 Å². The van der Waals surface area contributed by atoms with Crippen LogP contribution >= 0.6 is 12.2 Å². The van der Waals surface area contributed by atoms with Gasteiger partial charge >= 0.3 is 0 Å². The molecule has 0 aliphatic rings. The highest BCUT2D eigenvalue weighted by atomic mass is 32.1. The topological polar surface area (TPSA) is 102 Å². The maximum absolute atomic E-state index is 13.3. The van der Waals surface area contributed by atoms with Gasteiger partial charge in [0.25, 0.3) is 5.91 Å². The Morgan fingerprint density at radius 1 is 1.15 bits per heavy atom. The van der Waals surface area contributed by atoms with E-state index in [2.05, 4.69) is 33.3 Å². The van der Waals surface area contributed by atoms with Gasteiger partial charge in [-0.05, 0) is 44.1 Å². The fraction of sp³-hybridized carbons (Fsp3) is 0.292. The summed E-state index contributed by atoms with van der Waals surface area (Å²) in [6.07, 6.45) is 2.66. The van der Waals surface area contributed by atoms with Crippen molar-refractivity contribution < 1.29 is 4.79 Å². The molecule has 0 radical (unpaired) electrons. The van der Waals surface area contributed by atoms with Gasteiger partial charge in [-0.25, -0.2) is 9.67 Å². The summed E-state index contributed by atoms with van der Waals surface area (Å²) in [4.78, 5) is 18.2. The molecule has 0 bridgehead atoms. The van der Waals surface area contributed by atoms with E-state index >= 15 is 0 Å². The van der Waals surface area contributed by atoms with E-state index in [1.54, 1.807) is 16.9 Å². The number of hydrogen-bond donors (Lipinski definition) is 3. The van der Waals surface area contributed by atoms with E-state index in [0.717, 1.165) is 34.3 Å². The number of hydrogen-bond acceptors (Lipinski definition) is 5. The molecule has 176 valence electrons. The third-order valence-corrected chi connectivity index (χ3v) is 5.90. The smallest absolute Gasteiger partial charge is 0.270 e. The molecule has 3 N–H and O–H groups in total. The molecule has 1 amide bonds. The first kappa shape index (κ1) is 23.4. The number of pyridine rings is 1. The molecule has 0 unspecified atom stereocenters. The molecular formula is C24H28N8OS. The van der Waals surface area contributed by atoms with Gasteiger partial charge < -0.3 is 5.32 Å². The fourth-order valence-electron chi connectivity index (χ4n) is 3.79. The Bertz CT molecular complexity index is 1340. The molecule has 3 heterocycles. The molecule has 4 aromatic rings. The van der Waals surface area contributed by atoms with Crippen molar-refractivity contribution in [3.8, 4) is 11.3 Å². The minimum atomic E-state index is -0.321. The first-order valence-electron chi connectivity index (χ1n) is 11.1. The maximum atomic E-state index is 13.3. The number of carbonyl (C=O) groups is 1. The van der Waals surface area contributed by atoms with Crippen LogP contribution in [0, 0.1) is 13.8 Å². The largest absolute Gasteiger partial charge is 0.357 e. The number of rotatable bonds is 6. The van der Waals surface area contributed by atoms with Gasteiger partial charge in [0.2, 0.25) is 0 Å². The molecule has 10 heteroatoms. The van der Waals surface area contributed by atoms with Gasteiger partial charge in [0.15, 0.2) is 10.8 Å². The number of fused-ring (bicyclic) bond motifs is 1. The van der Waals surface area contributed by atoms with Gasteiger partial charge in [-0.3, -0.25) is 20.3 Å². The lowest BCUT2D eigenvalue weighted by molar-refractivity contribution is 0.0945. The van der Waals surface area contributed by atoms with Gasteiger partial charge in [-0.2, -0.15) is 10.2 Å². The monoisotopic (exact) mass is 476 g/mol. The average molecular weight is 477 g/mol. The molecule has 0 spiro atoms. The molecular weight excluding hydrogens is 448 g/mol. The van der Waals surface area contributed by atoms with Crippen LogP contribution in [0.3, 0.4) is 0 Å². The van der Waals surface area contributed by atoms with Gasteiger partial charge in [0.05, 0.1) is 28.5 Å². The number of nitrogens with zero attached hydrogens (tertiary/aromatic N) is 5. The van der Waals surface area contributed by atoms with Gasteiger partial charge in [-0.15, -0.1) is 0 Å². The number of nitrogens with one attached hydrogen (secondary N) is 3. The van der Waals surface area contributed by atoms with Crippen LogP contribution in [0.25, 0.3) is 22.3 Å². The molecule has 34 heavy (non-hydrogen) atoms. The normalized spacial score (nSPS) is 10.9. The van der Waals surface area contributed by atoms with Crippen LogP contribution in [0.2, 0.25) is 0 Å². The summed E-state index contributed by atoms with van der Waals surface area (Å²) in [6.45, 7) is 7.20. The van der Waals surface area contributed by atoms with E-state index < -0.39 is 0 Å². The average Bonchev–Trinajstić information content (AvgIpc) is 3.34. The summed E-state index contributed by atoms with van der Waals surface area (Å²) < 4.78 is 3.64. The Balaban J connectivity index is 1.61. The van der Waals surface area contributed by atoms with Crippen LogP contribution in [0.4, 0.5) is 0 Å². The van der Waals surface area contributed by atoms with Gasteiger partial charge in [0.1, 0.15) is 0 Å². The van der Waals surface area contributed by atoms with Crippen molar-refractivity contribution in [3.63, 3.8) is 0 Å². The molecule has 4 rings (SSSR count). The summed E-state index contributed by atoms with van der Waals surface area (Å²) in [7, 11) is 1.88. The lowest BCUT2D eigenvalue weighted by atomic mass is 10.1. The molecule has 0 saturated carbocycles. The van der Waals surface area contributed by atoms with Crippen molar-refractivity contribution in [2.24, 2.45) is 7.05 Å². The molecule has 9 nitrogen and oxygen atoms in total. The predicted molar refractivity (Wildman–Crippen MR) is 136 cm³/mol. The third kappa shape index (κ3) is 4.76. The number of carbonyl (C=O) groups excluding carboxylic acids is 1. The molecule has 0 atom stereocenters. The summed E-state index contributed by atoms with van der Waals surface area (Å²) in [5.41, 5.74) is 11.0. The molecule has 0 saturated heterocycles. The van der Waals surface area contributed by atoms with Crippen LogP contribution in [0.15, 0.2) is 42.6 Å². The predicted octanol–water partition coefficient (Wildman–Crippen LogP) is 3.17. The molecule has 0 aliphatic carbocycles. The van der Waals surface area contributed by atoms with Crippen molar-refractivity contribution >= 4 is 34.3 Å². The summed E-state index contributed by atoms with van der Waals surface area (Å²) in [5.74, 6) is -0.321. The van der Waals surface area contributed by atoms with Crippen molar-refractivity contribution in [3.05, 3.63) is 65.1 Å². The lowest BCUT2D eigenvalue weighted by Gasteiger charge is -2.13. The fourth-order valence-corrected chi connectivity index (χ4v) is 3.91. The molecule has 3 aromatic heterocycles. The summed E-state index contributed by atoms with van der Waals surface area (Å²) in [5, 5.41) is 13.1. The maximum Gasteiger partial charge on any atom is 0.270 e. The zero-order valence-electron chi connectivity index (χ0n) is 19.7.